The molecular weight excluding hydrogens is 481 g/mol. The summed E-state index contributed by atoms with van der Waals surface area (Å²) in [4.78, 5) is 21.0. The number of aromatic nitrogens is 2. The van der Waals surface area contributed by atoms with E-state index in [-0.39, 0.29) is 18.3 Å². The van der Waals surface area contributed by atoms with Crippen molar-refractivity contribution in [2.45, 2.75) is 70.6 Å². The third-order valence-corrected chi connectivity index (χ3v) is 6.06. The third kappa shape index (κ3) is 8.97. The predicted molar refractivity (Wildman–Crippen MR) is 136 cm³/mol. The molecule has 0 aliphatic rings. The van der Waals surface area contributed by atoms with Crippen molar-refractivity contribution in [1.29, 1.82) is 0 Å². The van der Waals surface area contributed by atoms with E-state index in [9.17, 15) is 18.0 Å². The molecule has 1 heterocycles. The summed E-state index contributed by atoms with van der Waals surface area (Å²) in [6, 6.07) is 15.9. The number of hydrogen-bond acceptors (Lipinski definition) is 5. The van der Waals surface area contributed by atoms with Crippen LogP contribution < -0.4 is 4.74 Å². The van der Waals surface area contributed by atoms with Gasteiger partial charge in [0.05, 0.1) is 0 Å². The topological polar surface area (TPSA) is 61.3 Å². The van der Waals surface area contributed by atoms with Gasteiger partial charge in [0.1, 0.15) is 5.75 Å². The zero-order valence-electron chi connectivity index (χ0n) is 21.2. The summed E-state index contributed by atoms with van der Waals surface area (Å²) in [7, 11) is 0. The maximum Gasteiger partial charge on any atom is 0.425 e. The Hall–Kier alpha value is -3.26. The lowest BCUT2D eigenvalue weighted by Gasteiger charge is -2.20. The molecule has 0 saturated heterocycles. The number of unbranched alkanes of at least 4 members (excludes halogenated alkanes) is 2. The molecule has 1 aromatic heterocycles. The van der Waals surface area contributed by atoms with E-state index < -0.39 is 18.2 Å². The lowest BCUT2D eigenvalue weighted by molar-refractivity contribution is -0.225. The van der Waals surface area contributed by atoms with Crippen molar-refractivity contribution in [2.75, 3.05) is 6.61 Å². The van der Waals surface area contributed by atoms with Gasteiger partial charge in [0, 0.05) is 24.6 Å². The second-order valence-corrected chi connectivity index (χ2v) is 9.06. The molecule has 2 unspecified atom stereocenters. The number of halogens is 3. The monoisotopic (exact) mass is 514 g/mol. The Bertz CT molecular complexity index is 1090. The Morgan fingerprint density at radius 2 is 1.62 bits per heavy atom. The van der Waals surface area contributed by atoms with Gasteiger partial charge in [0.25, 0.3) is 6.10 Å². The molecule has 8 heteroatoms. The lowest BCUT2D eigenvalue weighted by atomic mass is 9.99. The van der Waals surface area contributed by atoms with E-state index >= 15 is 0 Å². The van der Waals surface area contributed by atoms with E-state index in [1.54, 1.807) is 30.6 Å². The molecule has 3 aromatic rings. The van der Waals surface area contributed by atoms with Crippen LogP contribution in [0.15, 0.2) is 67.0 Å². The highest BCUT2D eigenvalue weighted by molar-refractivity contribution is 5.78. The highest BCUT2D eigenvalue weighted by atomic mass is 19.4. The molecule has 0 N–H and O–H groups in total. The molecule has 0 radical (unpaired) electrons. The SMILES string of the molecule is CCCCCc1ccc(-c2ncc(C(C)CCCOC(C(=O)Oc3ccccc3)C(F)(F)F)cn2)cc1. The Balaban J connectivity index is 1.48. The fourth-order valence-corrected chi connectivity index (χ4v) is 3.85. The van der Waals surface area contributed by atoms with Crippen LogP contribution in [0.25, 0.3) is 11.4 Å². The van der Waals surface area contributed by atoms with Gasteiger partial charge in [-0.25, -0.2) is 14.8 Å². The van der Waals surface area contributed by atoms with Gasteiger partial charge in [0.2, 0.25) is 0 Å². The van der Waals surface area contributed by atoms with Gasteiger partial charge in [-0.2, -0.15) is 13.2 Å². The number of carbonyl (C=O) groups excluding carboxylic acids is 1. The number of para-hydroxylation sites is 1. The maximum absolute atomic E-state index is 13.4. The Morgan fingerprint density at radius 1 is 0.946 bits per heavy atom. The predicted octanol–water partition coefficient (Wildman–Crippen LogP) is 7.31. The molecule has 0 spiro atoms. The molecule has 0 fully saturated rings. The number of aryl methyl sites for hydroxylation is 1. The van der Waals surface area contributed by atoms with Crippen LogP contribution in [0.1, 0.15) is 63.0 Å². The van der Waals surface area contributed by atoms with Gasteiger partial charge in [-0.15, -0.1) is 0 Å². The van der Waals surface area contributed by atoms with E-state index in [1.165, 1.54) is 37.0 Å². The van der Waals surface area contributed by atoms with Crippen molar-refractivity contribution >= 4 is 5.97 Å². The van der Waals surface area contributed by atoms with Gasteiger partial charge in [-0.1, -0.05) is 69.2 Å². The largest absolute Gasteiger partial charge is 0.425 e. The Morgan fingerprint density at radius 3 is 2.24 bits per heavy atom. The molecule has 5 nitrogen and oxygen atoms in total. The molecule has 37 heavy (non-hydrogen) atoms. The number of esters is 1. The molecule has 0 aliphatic carbocycles. The second kappa shape index (κ2) is 13.9. The van der Waals surface area contributed by atoms with Crippen molar-refractivity contribution in [3.63, 3.8) is 0 Å². The molecule has 2 atom stereocenters. The number of benzene rings is 2. The number of ether oxygens (including phenoxy) is 2. The van der Waals surface area contributed by atoms with E-state index in [0.29, 0.717) is 18.7 Å². The first-order valence-corrected chi connectivity index (χ1v) is 12.6. The highest BCUT2D eigenvalue weighted by Crippen LogP contribution is 2.26. The second-order valence-electron chi connectivity index (χ2n) is 9.06. The van der Waals surface area contributed by atoms with Crippen molar-refractivity contribution in [3.05, 3.63) is 78.1 Å². The highest BCUT2D eigenvalue weighted by Gasteiger charge is 2.47. The molecule has 2 aromatic carbocycles. The van der Waals surface area contributed by atoms with Crippen LogP contribution in [-0.2, 0) is 16.0 Å². The van der Waals surface area contributed by atoms with Crippen molar-refractivity contribution in [1.82, 2.24) is 9.97 Å². The smallest absolute Gasteiger partial charge is 0.424 e. The van der Waals surface area contributed by atoms with Crippen LogP contribution >= 0.6 is 0 Å². The number of carbonyl (C=O) groups is 1. The van der Waals surface area contributed by atoms with E-state index in [2.05, 4.69) is 29.0 Å². The summed E-state index contributed by atoms with van der Waals surface area (Å²) in [6.07, 6.45) is 1.53. The van der Waals surface area contributed by atoms with E-state index in [1.807, 2.05) is 19.1 Å². The van der Waals surface area contributed by atoms with Crippen LogP contribution in [0, 0.1) is 0 Å². The molecule has 0 bridgehead atoms. The van der Waals surface area contributed by atoms with Gasteiger partial charge in [-0.3, -0.25) is 0 Å². The summed E-state index contributed by atoms with van der Waals surface area (Å²) < 4.78 is 49.8. The van der Waals surface area contributed by atoms with Gasteiger partial charge < -0.3 is 9.47 Å². The van der Waals surface area contributed by atoms with Crippen molar-refractivity contribution in [3.8, 4) is 17.1 Å². The molecule has 0 saturated carbocycles. The average Bonchev–Trinajstić information content (AvgIpc) is 2.89. The number of alkyl halides is 3. The summed E-state index contributed by atoms with van der Waals surface area (Å²) in [5, 5.41) is 0. The molecule has 198 valence electrons. The van der Waals surface area contributed by atoms with Gasteiger partial charge in [0.15, 0.2) is 5.82 Å². The van der Waals surface area contributed by atoms with Crippen molar-refractivity contribution in [2.24, 2.45) is 0 Å². The quantitative estimate of drug-likeness (QED) is 0.136. The van der Waals surface area contributed by atoms with E-state index in [4.69, 9.17) is 9.47 Å². The van der Waals surface area contributed by atoms with E-state index in [0.717, 1.165) is 17.5 Å². The standard InChI is InChI=1S/C29H33F3N2O3/c1-3-4-6-11-22-14-16-23(17-15-22)27-33-19-24(20-34-27)21(2)10-9-18-36-26(29(30,31)32)28(35)37-25-12-7-5-8-13-25/h5,7-8,12-17,19-21,26H,3-4,6,9-11,18H2,1-2H3. The minimum absolute atomic E-state index is 0.0131. The minimum Gasteiger partial charge on any atom is -0.424 e. The van der Waals surface area contributed by atoms with Crippen LogP contribution in [0.3, 0.4) is 0 Å². The Labute approximate surface area is 216 Å². The first-order valence-electron chi connectivity index (χ1n) is 12.6. The molecule has 0 amide bonds. The summed E-state index contributed by atoms with van der Waals surface area (Å²) >= 11 is 0. The fourth-order valence-electron chi connectivity index (χ4n) is 3.85. The van der Waals surface area contributed by atoms with Crippen LogP contribution in [-0.4, -0.2) is 34.8 Å². The summed E-state index contributed by atoms with van der Waals surface area (Å²) in [5.74, 6) is -0.807. The zero-order chi connectivity index (χ0) is 26.7. The van der Waals surface area contributed by atoms with Crippen LogP contribution in [0.5, 0.6) is 5.75 Å². The zero-order valence-corrected chi connectivity index (χ0v) is 21.2. The molecule has 0 aliphatic heterocycles. The molecular formula is C29H33F3N2O3. The summed E-state index contributed by atoms with van der Waals surface area (Å²) in [6.45, 7) is 3.91. The minimum atomic E-state index is -4.87. The normalized spacial score (nSPS) is 13.2. The first-order chi connectivity index (χ1) is 17.8. The first kappa shape index (κ1) is 28.3. The molecule has 3 rings (SSSR count). The lowest BCUT2D eigenvalue weighted by Crippen LogP contribution is -2.42. The number of nitrogens with zero attached hydrogens (tertiary/aromatic N) is 2. The van der Waals surface area contributed by atoms with Crippen LogP contribution in [0.2, 0.25) is 0 Å². The number of hydrogen-bond donors (Lipinski definition) is 0. The fraction of sp³-hybridized carbons (Fsp3) is 0.414. The van der Waals surface area contributed by atoms with Crippen LogP contribution in [0.4, 0.5) is 13.2 Å². The maximum atomic E-state index is 13.4. The van der Waals surface area contributed by atoms with Gasteiger partial charge in [-0.05, 0) is 54.9 Å². The van der Waals surface area contributed by atoms with Crippen molar-refractivity contribution < 1.29 is 27.4 Å². The van der Waals surface area contributed by atoms with Gasteiger partial charge >= 0.3 is 12.1 Å². The summed E-state index contributed by atoms with van der Waals surface area (Å²) in [5.41, 5.74) is 3.12. The Kier molecular flexibility index (Phi) is 10.6. The average molecular weight is 515 g/mol. The third-order valence-electron chi connectivity index (χ3n) is 6.06. The number of rotatable bonds is 13.